The van der Waals surface area contributed by atoms with Crippen LogP contribution in [-0.4, -0.2) is 0 Å². The van der Waals surface area contributed by atoms with Gasteiger partial charge in [0.25, 0.3) is 0 Å². The van der Waals surface area contributed by atoms with Crippen molar-refractivity contribution in [1.29, 1.82) is 0 Å². The number of nitrogen functional groups attached to an aromatic ring is 1. The van der Waals surface area contributed by atoms with Crippen molar-refractivity contribution in [3.05, 3.63) is 51.2 Å². The van der Waals surface area contributed by atoms with Crippen LogP contribution in [0.25, 0.3) is 0 Å². The second-order valence-electron chi connectivity index (χ2n) is 3.33. The normalized spacial score (nSPS) is 10.3. The van der Waals surface area contributed by atoms with Crippen molar-refractivity contribution in [2.24, 2.45) is 0 Å². The predicted octanol–water partition coefficient (Wildman–Crippen LogP) is 4.73. The molecule has 0 amide bonds. The molecule has 2 nitrogen and oxygen atoms in total. The molecule has 0 fully saturated rings. The number of halogens is 3. The Kier molecular flexibility index (Phi) is 3.69. The van der Waals surface area contributed by atoms with Gasteiger partial charge >= 0.3 is 0 Å². The molecule has 0 saturated heterocycles. The Labute approximate surface area is 115 Å². The molecule has 0 bridgehead atoms. The van der Waals surface area contributed by atoms with Crippen LogP contribution in [0.5, 0.6) is 11.5 Å². The highest BCUT2D eigenvalue weighted by Gasteiger charge is 2.08. The number of hydrogen-bond donors (Lipinski definition) is 1. The summed E-state index contributed by atoms with van der Waals surface area (Å²) in [7, 11) is 0. The van der Waals surface area contributed by atoms with Crippen molar-refractivity contribution in [3.8, 4) is 11.5 Å². The molecule has 5 heteroatoms. The Balaban J connectivity index is 2.35. The first-order valence-corrected chi connectivity index (χ1v) is 6.33. The first kappa shape index (κ1) is 12.4. The summed E-state index contributed by atoms with van der Waals surface area (Å²) in [6, 6.07) is 9.89. The van der Waals surface area contributed by atoms with Gasteiger partial charge in [-0.3, -0.25) is 0 Å². The summed E-state index contributed by atoms with van der Waals surface area (Å²) in [5, 5.41) is 0. The lowest BCUT2D eigenvalue weighted by molar-refractivity contribution is 0.477. The van der Waals surface area contributed by atoms with Crippen LogP contribution in [0.1, 0.15) is 0 Å². The first-order chi connectivity index (χ1) is 8.08. The van der Waals surface area contributed by atoms with Crippen molar-refractivity contribution < 1.29 is 9.13 Å². The zero-order valence-corrected chi connectivity index (χ0v) is 11.8. The molecule has 2 aromatic carbocycles. The quantitative estimate of drug-likeness (QED) is 0.786. The number of benzene rings is 2. The van der Waals surface area contributed by atoms with Gasteiger partial charge in [-0.25, -0.2) is 4.39 Å². The third-order valence-corrected chi connectivity index (χ3v) is 3.24. The molecule has 88 valence electrons. The smallest absolute Gasteiger partial charge is 0.153 e. The molecule has 0 atom stereocenters. The van der Waals surface area contributed by atoms with Gasteiger partial charge in [0.15, 0.2) is 5.75 Å². The fraction of sp³-hybridized carbons (Fsp3) is 0. The first-order valence-electron chi connectivity index (χ1n) is 4.75. The molecule has 0 saturated carbocycles. The Morgan fingerprint density at radius 2 is 1.82 bits per heavy atom. The van der Waals surface area contributed by atoms with Gasteiger partial charge in [-0.2, -0.15) is 0 Å². The summed E-state index contributed by atoms with van der Waals surface area (Å²) in [5.41, 5.74) is 5.59. The van der Waals surface area contributed by atoms with Crippen molar-refractivity contribution in [2.75, 3.05) is 5.73 Å². The molecule has 0 aromatic heterocycles. The largest absolute Gasteiger partial charge is 0.454 e. The monoisotopic (exact) mass is 359 g/mol. The van der Waals surface area contributed by atoms with E-state index in [2.05, 4.69) is 31.9 Å². The van der Waals surface area contributed by atoms with Gasteiger partial charge in [0.1, 0.15) is 17.3 Å². The third-order valence-electron chi connectivity index (χ3n) is 2.13. The highest BCUT2D eigenvalue weighted by atomic mass is 79.9. The lowest BCUT2D eigenvalue weighted by Gasteiger charge is -2.10. The predicted molar refractivity (Wildman–Crippen MR) is 72.7 cm³/mol. The van der Waals surface area contributed by atoms with Crippen LogP contribution < -0.4 is 10.5 Å². The molecule has 0 aliphatic carbocycles. The van der Waals surface area contributed by atoms with Gasteiger partial charge in [0.2, 0.25) is 0 Å². The Morgan fingerprint density at radius 1 is 1.06 bits per heavy atom. The van der Waals surface area contributed by atoms with Crippen molar-refractivity contribution >= 4 is 37.5 Å². The van der Waals surface area contributed by atoms with E-state index < -0.39 is 5.82 Å². The number of rotatable bonds is 2. The topological polar surface area (TPSA) is 35.2 Å². The summed E-state index contributed by atoms with van der Waals surface area (Å²) in [6.45, 7) is 0. The molecule has 2 rings (SSSR count). The lowest BCUT2D eigenvalue weighted by atomic mass is 10.3. The molecule has 0 unspecified atom stereocenters. The van der Waals surface area contributed by atoms with Gasteiger partial charge in [0, 0.05) is 4.47 Å². The van der Waals surface area contributed by atoms with Gasteiger partial charge in [0.05, 0.1) is 4.47 Å². The molecule has 17 heavy (non-hydrogen) atoms. The van der Waals surface area contributed by atoms with Crippen molar-refractivity contribution in [1.82, 2.24) is 0 Å². The maximum Gasteiger partial charge on any atom is 0.153 e. The molecule has 0 aliphatic rings. The highest BCUT2D eigenvalue weighted by molar-refractivity contribution is 9.11. The minimum Gasteiger partial charge on any atom is -0.454 e. The average molecular weight is 361 g/mol. The summed E-state index contributed by atoms with van der Waals surface area (Å²) in [5.74, 6) is 0.384. The zero-order valence-electron chi connectivity index (χ0n) is 8.58. The molecule has 2 N–H and O–H groups in total. The standard InChI is InChI=1S/C12H8Br2FNO/c13-7-4-5-10(8(14)6-7)17-11-3-1-2-9(15)12(11)16/h1-6H,16H2. The minimum absolute atomic E-state index is 0.00215. The summed E-state index contributed by atoms with van der Waals surface area (Å²) in [6.07, 6.45) is 0. The van der Waals surface area contributed by atoms with Crippen LogP contribution >= 0.6 is 31.9 Å². The number of anilines is 1. The van der Waals surface area contributed by atoms with E-state index in [1.54, 1.807) is 18.2 Å². The Morgan fingerprint density at radius 3 is 2.53 bits per heavy atom. The van der Waals surface area contributed by atoms with Crippen molar-refractivity contribution in [2.45, 2.75) is 0 Å². The minimum atomic E-state index is -0.490. The molecule has 2 aromatic rings. The van der Waals surface area contributed by atoms with E-state index >= 15 is 0 Å². The van der Waals surface area contributed by atoms with E-state index in [4.69, 9.17) is 10.5 Å². The van der Waals surface area contributed by atoms with Crippen LogP contribution in [0.2, 0.25) is 0 Å². The van der Waals surface area contributed by atoms with E-state index in [0.29, 0.717) is 11.5 Å². The molecular formula is C12H8Br2FNO. The summed E-state index contributed by atoms with van der Waals surface area (Å²) < 4.78 is 20.4. The fourth-order valence-corrected chi connectivity index (χ4v) is 2.41. The van der Waals surface area contributed by atoms with Crippen LogP contribution in [0, 0.1) is 5.82 Å². The van der Waals surface area contributed by atoms with Gasteiger partial charge in [-0.15, -0.1) is 0 Å². The third kappa shape index (κ3) is 2.79. The maximum atomic E-state index is 13.2. The summed E-state index contributed by atoms with van der Waals surface area (Å²) in [4.78, 5) is 0. The van der Waals surface area contributed by atoms with Crippen LogP contribution in [-0.2, 0) is 0 Å². The number of para-hydroxylation sites is 1. The number of ether oxygens (including phenoxy) is 1. The summed E-state index contributed by atoms with van der Waals surface area (Å²) >= 11 is 6.70. The van der Waals surface area contributed by atoms with Crippen LogP contribution in [0.3, 0.4) is 0 Å². The van der Waals surface area contributed by atoms with E-state index in [1.807, 2.05) is 12.1 Å². The van der Waals surface area contributed by atoms with E-state index in [-0.39, 0.29) is 5.69 Å². The second-order valence-corrected chi connectivity index (χ2v) is 5.10. The van der Waals surface area contributed by atoms with Gasteiger partial charge in [-0.05, 0) is 46.3 Å². The van der Waals surface area contributed by atoms with Gasteiger partial charge < -0.3 is 10.5 Å². The SMILES string of the molecule is Nc1c(F)cccc1Oc1ccc(Br)cc1Br. The highest BCUT2D eigenvalue weighted by Crippen LogP contribution is 2.34. The van der Waals surface area contributed by atoms with E-state index in [0.717, 1.165) is 8.95 Å². The maximum absolute atomic E-state index is 13.2. The second kappa shape index (κ2) is 5.06. The van der Waals surface area contributed by atoms with Crippen LogP contribution in [0.4, 0.5) is 10.1 Å². The van der Waals surface area contributed by atoms with Crippen LogP contribution in [0.15, 0.2) is 45.3 Å². The molecule has 0 radical (unpaired) electrons. The van der Waals surface area contributed by atoms with Crippen molar-refractivity contribution in [3.63, 3.8) is 0 Å². The van der Waals surface area contributed by atoms with E-state index in [1.165, 1.54) is 6.07 Å². The fourth-order valence-electron chi connectivity index (χ4n) is 1.28. The Hall–Kier alpha value is -1.07. The number of hydrogen-bond acceptors (Lipinski definition) is 2. The molecule has 0 aliphatic heterocycles. The van der Waals surface area contributed by atoms with Gasteiger partial charge in [-0.1, -0.05) is 22.0 Å². The zero-order chi connectivity index (χ0) is 12.4. The average Bonchev–Trinajstić information content (AvgIpc) is 2.28. The molecular weight excluding hydrogens is 353 g/mol. The molecule has 0 spiro atoms. The lowest BCUT2D eigenvalue weighted by Crippen LogP contribution is -1.95. The van der Waals surface area contributed by atoms with E-state index in [9.17, 15) is 4.39 Å². The number of nitrogens with two attached hydrogens (primary N) is 1. The Bertz CT molecular complexity index is 560. The molecule has 0 heterocycles.